The van der Waals surface area contributed by atoms with Gasteiger partial charge in [-0.1, -0.05) is 17.7 Å². The summed E-state index contributed by atoms with van der Waals surface area (Å²) in [5, 5.41) is 5.75. The fourth-order valence-corrected chi connectivity index (χ4v) is 2.67. The van der Waals surface area contributed by atoms with Crippen LogP contribution in [-0.4, -0.2) is 25.2 Å². The number of carbonyl (C=O) groups excluding carboxylic acids is 2. The molecule has 0 aliphatic carbocycles. The van der Waals surface area contributed by atoms with E-state index in [1.165, 1.54) is 0 Å². The van der Waals surface area contributed by atoms with Crippen molar-refractivity contribution in [3.8, 4) is 11.5 Å². The molecule has 0 spiro atoms. The number of anilines is 1. The van der Waals surface area contributed by atoms with Gasteiger partial charge in [-0.3, -0.25) is 9.59 Å². The highest BCUT2D eigenvalue weighted by molar-refractivity contribution is 6.39. The highest BCUT2D eigenvalue weighted by atomic mass is 35.5. The molecule has 0 saturated carbocycles. The number of benzene rings is 2. The molecular formula is C18H17ClN2O4. The molecule has 1 heterocycles. The van der Waals surface area contributed by atoms with Crippen molar-refractivity contribution < 1.29 is 19.1 Å². The minimum atomic E-state index is -0.712. The molecule has 1 aliphatic rings. The van der Waals surface area contributed by atoms with Gasteiger partial charge in [0.2, 0.25) is 6.79 Å². The van der Waals surface area contributed by atoms with Gasteiger partial charge in [-0.15, -0.1) is 0 Å². The third-order valence-electron chi connectivity index (χ3n) is 3.78. The van der Waals surface area contributed by atoms with Crippen molar-refractivity contribution in [3.05, 3.63) is 52.5 Å². The molecule has 2 aromatic rings. The van der Waals surface area contributed by atoms with E-state index in [1.54, 1.807) is 25.1 Å². The first-order chi connectivity index (χ1) is 12.0. The lowest BCUT2D eigenvalue weighted by molar-refractivity contribution is -0.136. The molecule has 3 rings (SSSR count). The van der Waals surface area contributed by atoms with Crippen LogP contribution in [0.2, 0.25) is 5.02 Å². The van der Waals surface area contributed by atoms with E-state index in [4.69, 9.17) is 21.1 Å². The maximum Gasteiger partial charge on any atom is 0.313 e. The molecule has 2 aromatic carbocycles. The van der Waals surface area contributed by atoms with Crippen LogP contribution in [0.5, 0.6) is 11.5 Å². The van der Waals surface area contributed by atoms with Gasteiger partial charge in [0, 0.05) is 17.3 Å². The fourth-order valence-electron chi connectivity index (χ4n) is 2.44. The molecule has 130 valence electrons. The Hall–Kier alpha value is -2.73. The fraction of sp³-hybridized carbons (Fsp3) is 0.222. The van der Waals surface area contributed by atoms with Crippen LogP contribution in [0.25, 0.3) is 0 Å². The average molecular weight is 361 g/mol. The molecule has 0 bridgehead atoms. The first-order valence-corrected chi connectivity index (χ1v) is 8.14. The highest BCUT2D eigenvalue weighted by Crippen LogP contribution is 2.32. The number of amides is 2. The number of rotatable bonds is 4. The monoisotopic (exact) mass is 360 g/mol. The Labute approximate surface area is 150 Å². The predicted octanol–water partition coefficient (Wildman–Crippen LogP) is 2.67. The van der Waals surface area contributed by atoms with Crippen molar-refractivity contribution in [2.75, 3.05) is 18.7 Å². The van der Waals surface area contributed by atoms with Crippen molar-refractivity contribution in [3.63, 3.8) is 0 Å². The second-order valence-electron chi connectivity index (χ2n) is 5.61. The summed E-state index contributed by atoms with van der Waals surface area (Å²) in [6.45, 7) is 2.37. The summed E-state index contributed by atoms with van der Waals surface area (Å²) >= 11 is 5.87. The number of hydrogen-bond acceptors (Lipinski definition) is 4. The van der Waals surface area contributed by atoms with Crippen LogP contribution in [0, 0.1) is 6.92 Å². The predicted molar refractivity (Wildman–Crippen MR) is 94.1 cm³/mol. The van der Waals surface area contributed by atoms with Crippen LogP contribution < -0.4 is 20.1 Å². The summed E-state index contributed by atoms with van der Waals surface area (Å²) < 4.78 is 10.6. The molecular weight excluding hydrogens is 344 g/mol. The number of halogens is 1. The number of carbonyl (C=O) groups is 2. The summed E-state index contributed by atoms with van der Waals surface area (Å²) in [6.07, 6.45) is 0.579. The number of aryl methyl sites for hydroxylation is 1. The first kappa shape index (κ1) is 17.1. The van der Waals surface area contributed by atoms with E-state index in [-0.39, 0.29) is 6.79 Å². The van der Waals surface area contributed by atoms with Gasteiger partial charge in [-0.2, -0.15) is 0 Å². The van der Waals surface area contributed by atoms with Crippen LogP contribution in [0.4, 0.5) is 5.69 Å². The van der Waals surface area contributed by atoms with Crippen LogP contribution in [0.1, 0.15) is 11.1 Å². The number of ether oxygens (including phenoxy) is 2. The highest BCUT2D eigenvalue weighted by Gasteiger charge is 2.15. The second kappa shape index (κ2) is 7.44. The molecule has 2 amide bonds. The minimum Gasteiger partial charge on any atom is -0.454 e. The molecule has 1 aliphatic heterocycles. The van der Waals surface area contributed by atoms with Crippen molar-refractivity contribution in [2.45, 2.75) is 13.3 Å². The van der Waals surface area contributed by atoms with Gasteiger partial charge in [-0.05, 0) is 54.8 Å². The molecule has 0 saturated heterocycles. The zero-order chi connectivity index (χ0) is 17.8. The number of fused-ring (bicyclic) bond motifs is 1. The van der Waals surface area contributed by atoms with E-state index in [0.29, 0.717) is 35.2 Å². The van der Waals surface area contributed by atoms with Crippen molar-refractivity contribution in [2.24, 2.45) is 0 Å². The van der Waals surface area contributed by atoms with Crippen molar-refractivity contribution >= 4 is 29.1 Å². The van der Waals surface area contributed by atoms with Gasteiger partial charge < -0.3 is 20.1 Å². The van der Waals surface area contributed by atoms with Crippen LogP contribution >= 0.6 is 11.6 Å². The van der Waals surface area contributed by atoms with Crippen LogP contribution in [0.3, 0.4) is 0 Å². The largest absolute Gasteiger partial charge is 0.454 e. The molecule has 0 fully saturated rings. The second-order valence-corrected chi connectivity index (χ2v) is 6.04. The van der Waals surface area contributed by atoms with E-state index in [9.17, 15) is 9.59 Å². The minimum absolute atomic E-state index is 0.222. The summed E-state index contributed by atoms with van der Waals surface area (Å²) in [7, 11) is 0. The van der Waals surface area contributed by atoms with Crippen molar-refractivity contribution in [1.29, 1.82) is 0 Å². The van der Waals surface area contributed by atoms with Gasteiger partial charge in [0.1, 0.15) is 0 Å². The Morgan fingerprint density at radius 3 is 2.68 bits per heavy atom. The SMILES string of the molecule is Cc1cc(Cl)ccc1NC(=O)C(=O)NCCc1ccc2c(c1)OCO2. The third-order valence-corrected chi connectivity index (χ3v) is 4.01. The Bertz CT molecular complexity index is 823. The molecule has 0 aromatic heterocycles. The standard InChI is InChI=1S/C18H17ClN2O4/c1-11-8-13(19)3-4-14(11)21-18(23)17(22)20-7-6-12-2-5-15-16(9-12)25-10-24-15/h2-5,8-9H,6-7,10H2,1H3,(H,20,22)(H,21,23). The van der Waals surface area contributed by atoms with E-state index in [1.807, 2.05) is 18.2 Å². The Morgan fingerprint density at radius 2 is 1.88 bits per heavy atom. The summed E-state index contributed by atoms with van der Waals surface area (Å²) in [6, 6.07) is 10.6. The van der Waals surface area contributed by atoms with Gasteiger partial charge in [0.15, 0.2) is 11.5 Å². The maximum atomic E-state index is 12.0. The van der Waals surface area contributed by atoms with Crippen LogP contribution in [-0.2, 0) is 16.0 Å². The molecule has 25 heavy (non-hydrogen) atoms. The van der Waals surface area contributed by atoms with E-state index in [0.717, 1.165) is 11.1 Å². The van der Waals surface area contributed by atoms with Gasteiger partial charge in [0.25, 0.3) is 0 Å². The van der Waals surface area contributed by atoms with E-state index < -0.39 is 11.8 Å². The van der Waals surface area contributed by atoms with Gasteiger partial charge >= 0.3 is 11.8 Å². The van der Waals surface area contributed by atoms with E-state index >= 15 is 0 Å². The van der Waals surface area contributed by atoms with E-state index in [2.05, 4.69) is 10.6 Å². The zero-order valence-electron chi connectivity index (χ0n) is 13.6. The Morgan fingerprint density at radius 1 is 1.08 bits per heavy atom. The normalized spacial score (nSPS) is 11.9. The smallest absolute Gasteiger partial charge is 0.313 e. The van der Waals surface area contributed by atoms with Crippen LogP contribution in [0.15, 0.2) is 36.4 Å². The van der Waals surface area contributed by atoms with Gasteiger partial charge in [0.05, 0.1) is 0 Å². The lowest BCUT2D eigenvalue weighted by Crippen LogP contribution is -2.36. The summed E-state index contributed by atoms with van der Waals surface area (Å²) in [4.78, 5) is 23.9. The first-order valence-electron chi connectivity index (χ1n) is 7.77. The van der Waals surface area contributed by atoms with Gasteiger partial charge in [-0.25, -0.2) is 0 Å². The number of nitrogens with one attached hydrogen (secondary N) is 2. The molecule has 6 nitrogen and oxygen atoms in total. The topological polar surface area (TPSA) is 76.7 Å². The summed E-state index contributed by atoms with van der Waals surface area (Å²) in [5.41, 5.74) is 2.33. The summed E-state index contributed by atoms with van der Waals surface area (Å²) in [5.74, 6) is 0.0106. The quantitative estimate of drug-likeness (QED) is 0.822. The molecule has 2 N–H and O–H groups in total. The van der Waals surface area contributed by atoms with Crippen molar-refractivity contribution in [1.82, 2.24) is 5.32 Å². The lowest BCUT2D eigenvalue weighted by atomic mass is 10.1. The Kier molecular flexibility index (Phi) is 5.09. The zero-order valence-corrected chi connectivity index (χ0v) is 14.4. The molecule has 7 heteroatoms. The Balaban J connectivity index is 1.49. The maximum absolute atomic E-state index is 12.0. The number of hydrogen-bond donors (Lipinski definition) is 2. The average Bonchev–Trinajstić information content (AvgIpc) is 3.05. The lowest BCUT2D eigenvalue weighted by Gasteiger charge is -2.09. The molecule has 0 atom stereocenters. The molecule has 0 unspecified atom stereocenters. The third kappa shape index (κ3) is 4.22. The molecule has 0 radical (unpaired) electrons.